The third-order valence-electron chi connectivity index (χ3n) is 4.46. The van der Waals surface area contributed by atoms with E-state index in [2.05, 4.69) is 31.3 Å². The van der Waals surface area contributed by atoms with Crippen molar-refractivity contribution in [3.05, 3.63) is 18.2 Å². The van der Waals surface area contributed by atoms with Gasteiger partial charge in [-0.25, -0.2) is 0 Å². The predicted octanol–water partition coefficient (Wildman–Crippen LogP) is 3.61. The van der Waals surface area contributed by atoms with Gasteiger partial charge in [0, 0.05) is 30.8 Å². The first-order valence-electron chi connectivity index (χ1n) is 7.99. The van der Waals surface area contributed by atoms with Crippen LogP contribution in [0.15, 0.2) is 18.2 Å². The summed E-state index contributed by atoms with van der Waals surface area (Å²) in [7, 11) is 0. The summed E-state index contributed by atoms with van der Waals surface area (Å²) >= 11 is 0. The van der Waals surface area contributed by atoms with Crippen LogP contribution in [0.3, 0.4) is 0 Å². The summed E-state index contributed by atoms with van der Waals surface area (Å²) in [6.45, 7) is 6.67. The van der Waals surface area contributed by atoms with Crippen molar-refractivity contribution < 1.29 is 14.2 Å². The van der Waals surface area contributed by atoms with Crippen molar-refractivity contribution in [2.24, 2.45) is 0 Å². The summed E-state index contributed by atoms with van der Waals surface area (Å²) in [5, 5.41) is 3.63. The Hall–Kier alpha value is -1.42. The largest absolute Gasteiger partial charge is 0.490 e. The minimum atomic E-state index is 0.00121. The molecule has 1 aromatic carbocycles. The summed E-state index contributed by atoms with van der Waals surface area (Å²) in [6, 6.07) is 6.58. The van der Waals surface area contributed by atoms with E-state index in [1.54, 1.807) is 0 Å². The molecule has 2 atom stereocenters. The van der Waals surface area contributed by atoms with Gasteiger partial charge in [0.05, 0.1) is 18.8 Å². The highest BCUT2D eigenvalue weighted by Gasteiger charge is 2.31. The van der Waals surface area contributed by atoms with Crippen molar-refractivity contribution in [1.82, 2.24) is 0 Å². The molecule has 0 radical (unpaired) electrons. The van der Waals surface area contributed by atoms with Crippen LogP contribution < -0.4 is 14.8 Å². The lowest BCUT2D eigenvalue weighted by atomic mass is 9.90. The third-order valence-corrected chi connectivity index (χ3v) is 4.46. The lowest BCUT2D eigenvalue weighted by Crippen LogP contribution is -2.41. The SMILES string of the molecule is CCC1(C)CC(Nc2ccc3c(c2)OCCCO3)CCO1. The smallest absolute Gasteiger partial charge is 0.163 e. The Morgan fingerprint density at radius 2 is 2.00 bits per heavy atom. The predicted molar refractivity (Wildman–Crippen MR) is 83.3 cm³/mol. The lowest BCUT2D eigenvalue weighted by Gasteiger charge is -2.38. The maximum absolute atomic E-state index is 5.90. The van der Waals surface area contributed by atoms with Crippen LogP contribution >= 0.6 is 0 Å². The second-order valence-corrected chi connectivity index (χ2v) is 6.20. The molecule has 0 bridgehead atoms. The van der Waals surface area contributed by atoms with Crippen LogP contribution in [0.5, 0.6) is 11.5 Å². The molecule has 2 aliphatic rings. The van der Waals surface area contributed by atoms with Crippen LogP contribution in [0.1, 0.15) is 39.5 Å². The summed E-state index contributed by atoms with van der Waals surface area (Å²) < 4.78 is 17.3. The Balaban J connectivity index is 1.69. The molecule has 0 aromatic heterocycles. The minimum absolute atomic E-state index is 0.00121. The molecule has 0 amide bonds. The molecule has 1 aromatic rings. The summed E-state index contributed by atoms with van der Waals surface area (Å²) in [5.74, 6) is 1.70. The Kier molecular flexibility index (Phi) is 4.24. The molecule has 4 heteroatoms. The van der Waals surface area contributed by atoms with E-state index in [0.717, 1.165) is 62.7 Å². The normalized spacial score (nSPS) is 28.8. The van der Waals surface area contributed by atoms with Gasteiger partial charge in [0.15, 0.2) is 11.5 Å². The van der Waals surface area contributed by atoms with Crippen LogP contribution in [0.25, 0.3) is 0 Å². The van der Waals surface area contributed by atoms with E-state index < -0.39 is 0 Å². The highest BCUT2D eigenvalue weighted by atomic mass is 16.5. The molecule has 0 aliphatic carbocycles. The highest BCUT2D eigenvalue weighted by Crippen LogP contribution is 2.34. The first kappa shape index (κ1) is 14.5. The number of benzene rings is 1. The fourth-order valence-electron chi connectivity index (χ4n) is 2.99. The molecular formula is C17H25NO3. The molecule has 116 valence electrons. The number of nitrogens with one attached hydrogen (secondary N) is 1. The van der Waals surface area contributed by atoms with Gasteiger partial charge in [-0.05, 0) is 38.3 Å². The van der Waals surface area contributed by atoms with Gasteiger partial charge in [0.1, 0.15) is 0 Å². The molecule has 0 saturated carbocycles. The first-order chi connectivity index (χ1) is 10.2. The van der Waals surface area contributed by atoms with Gasteiger partial charge in [-0.2, -0.15) is 0 Å². The molecule has 4 nitrogen and oxygen atoms in total. The van der Waals surface area contributed by atoms with E-state index in [1.807, 2.05) is 6.07 Å². The van der Waals surface area contributed by atoms with Crippen molar-refractivity contribution in [1.29, 1.82) is 0 Å². The van der Waals surface area contributed by atoms with Crippen LogP contribution in [-0.4, -0.2) is 31.5 Å². The molecule has 1 N–H and O–H groups in total. The Morgan fingerprint density at radius 3 is 2.81 bits per heavy atom. The molecule has 2 unspecified atom stereocenters. The Labute approximate surface area is 126 Å². The zero-order chi connectivity index (χ0) is 14.7. The molecule has 3 rings (SSSR count). The van der Waals surface area contributed by atoms with E-state index in [4.69, 9.17) is 14.2 Å². The fraction of sp³-hybridized carbons (Fsp3) is 0.647. The molecule has 2 heterocycles. The van der Waals surface area contributed by atoms with Crippen molar-refractivity contribution >= 4 is 5.69 Å². The van der Waals surface area contributed by atoms with E-state index >= 15 is 0 Å². The number of fused-ring (bicyclic) bond motifs is 1. The molecule has 1 saturated heterocycles. The monoisotopic (exact) mass is 291 g/mol. The van der Waals surface area contributed by atoms with Crippen molar-refractivity contribution in [3.63, 3.8) is 0 Å². The average Bonchev–Trinajstić information content (AvgIpc) is 2.72. The highest BCUT2D eigenvalue weighted by molar-refractivity contribution is 5.55. The molecule has 0 spiro atoms. The maximum Gasteiger partial charge on any atom is 0.163 e. The van der Waals surface area contributed by atoms with E-state index in [1.165, 1.54) is 0 Å². The molecule has 2 aliphatic heterocycles. The number of ether oxygens (including phenoxy) is 3. The number of anilines is 1. The van der Waals surface area contributed by atoms with Crippen molar-refractivity contribution in [2.45, 2.75) is 51.2 Å². The zero-order valence-electron chi connectivity index (χ0n) is 13.0. The lowest BCUT2D eigenvalue weighted by molar-refractivity contribution is -0.0708. The van der Waals surface area contributed by atoms with E-state index in [-0.39, 0.29) is 5.60 Å². The molecule has 21 heavy (non-hydrogen) atoms. The quantitative estimate of drug-likeness (QED) is 0.923. The van der Waals surface area contributed by atoms with Gasteiger partial charge in [-0.3, -0.25) is 0 Å². The van der Waals surface area contributed by atoms with E-state index in [0.29, 0.717) is 6.04 Å². The second kappa shape index (κ2) is 6.14. The van der Waals surface area contributed by atoms with Gasteiger partial charge in [-0.15, -0.1) is 0 Å². The van der Waals surface area contributed by atoms with Gasteiger partial charge < -0.3 is 19.5 Å². The second-order valence-electron chi connectivity index (χ2n) is 6.20. The van der Waals surface area contributed by atoms with Gasteiger partial charge in [0.2, 0.25) is 0 Å². The van der Waals surface area contributed by atoms with Gasteiger partial charge in [-0.1, -0.05) is 6.92 Å². The van der Waals surface area contributed by atoms with Crippen LogP contribution in [-0.2, 0) is 4.74 Å². The van der Waals surface area contributed by atoms with Crippen molar-refractivity contribution in [3.8, 4) is 11.5 Å². The van der Waals surface area contributed by atoms with Crippen LogP contribution in [0.4, 0.5) is 5.69 Å². The van der Waals surface area contributed by atoms with Crippen LogP contribution in [0.2, 0.25) is 0 Å². The first-order valence-corrected chi connectivity index (χ1v) is 7.99. The van der Waals surface area contributed by atoms with Crippen LogP contribution in [0, 0.1) is 0 Å². The average molecular weight is 291 g/mol. The third kappa shape index (κ3) is 3.43. The van der Waals surface area contributed by atoms with E-state index in [9.17, 15) is 0 Å². The maximum atomic E-state index is 5.90. The fourth-order valence-corrected chi connectivity index (χ4v) is 2.99. The number of hydrogen-bond donors (Lipinski definition) is 1. The summed E-state index contributed by atoms with van der Waals surface area (Å²) in [5.41, 5.74) is 1.10. The topological polar surface area (TPSA) is 39.7 Å². The molecular weight excluding hydrogens is 266 g/mol. The van der Waals surface area contributed by atoms with Gasteiger partial charge in [0.25, 0.3) is 0 Å². The zero-order valence-corrected chi connectivity index (χ0v) is 13.0. The Bertz CT molecular complexity index is 491. The summed E-state index contributed by atoms with van der Waals surface area (Å²) in [4.78, 5) is 0. The van der Waals surface area contributed by atoms with Gasteiger partial charge >= 0.3 is 0 Å². The minimum Gasteiger partial charge on any atom is -0.490 e. The standard InChI is InChI=1S/C17H25NO3/c1-3-17(2)12-14(7-10-21-17)18-13-5-6-15-16(11-13)20-9-4-8-19-15/h5-6,11,14,18H,3-4,7-10,12H2,1-2H3. The summed E-state index contributed by atoms with van der Waals surface area (Å²) in [6.07, 6.45) is 4.07. The number of hydrogen-bond acceptors (Lipinski definition) is 4. The molecule has 1 fully saturated rings. The number of rotatable bonds is 3. The Morgan fingerprint density at radius 1 is 1.19 bits per heavy atom. The van der Waals surface area contributed by atoms with Crippen molar-refractivity contribution in [2.75, 3.05) is 25.1 Å².